The van der Waals surface area contributed by atoms with Crippen molar-refractivity contribution >= 4 is 17.5 Å². The van der Waals surface area contributed by atoms with Crippen molar-refractivity contribution in [1.82, 2.24) is 0 Å². The van der Waals surface area contributed by atoms with Crippen molar-refractivity contribution in [3.05, 3.63) is 64.2 Å². The van der Waals surface area contributed by atoms with Crippen molar-refractivity contribution in [3.8, 4) is 0 Å². The Hall–Kier alpha value is -2.70. The first-order valence-corrected chi connectivity index (χ1v) is 7.41. The number of para-hydroxylation sites is 1. The summed E-state index contributed by atoms with van der Waals surface area (Å²) in [5, 5.41) is 0. The normalized spacial score (nSPS) is 14.3. The third-order valence-electron chi connectivity index (χ3n) is 4.05. The van der Waals surface area contributed by atoms with Gasteiger partial charge in [0.15, 0.2) is 23.3 Å². The first kappa shape index (κ1) is 17.1. The maximum atomic E-state index is 14.0. The van der Waals surface area contributed by atoms with Crippen LogP contribution in [-0.4, -0.2) is 11.8 Å². The zero-order chi connectivity index (χ0) is 18.7. The number of rotatable bonds is 1. The smallest absolute Gasteiger partial charge is 0.268 e. The molecule has 0 aromatic heterocycles. The van der Waals surface area contributed by atoms with Crippen LogP contribution in [-0.2, 0) is 5.41 Å². The molecular formula is C18H13F4NO2. The van der Waals surface area contributed by atoms with E-state index in [4.69, 9.17) is 0 Å². The van der Waals surface area contributed by atoms with Gasteiger partial charge in [0.2, 0.25) is 0 Å². The highest BCUT2D eigenvalue weighted by molar-refractivity contribution is 6.34. The lowest BCUT2D eigenvalue weighted by atomic mass is 9.85. The van der Waals surface area contributed by atoms with Gasteiger partial charge in [-0.05, 0) is 17.0 Å². The molecule has 130 valence electrons. The molecule has 0 bridgehead atoms. The van der Waals surface area contributed by atoms with Gasteiger partial charge in [0.25, 0.3) is 11.8 Å². The quantitative estimate of drug-likeness (QED) is 0.332. The highest BCUT2D eigenvalue weighted by Gasteiger charge is 2.45. The molecule has 0 aliphatic carbocycles. The minimum Gasteiger partial charge on any atom is -0.268 e. The summed E-state index contributed by atoms with van der Waals surface area (Å²) in [6.07, 6.45) is 0. The molecule has 0 radical (unpaired) electrons. The monoisotopic (exact) mass is 351 g/mol. The van der Waals surface area contributed by atoms with Crippen molar-refractivity contribution in [2.45, 2.75) is 26.2 Å². The topological polar surface area (TPSA) is 37.4 Å². The van der Waals surface area contributed by atoms with E-state index in [9.17, 15) is 27.2 Å². The summed E-state index contributed by atoms with van der Waals surface area (Å²) >= 11 is 0. The highest BCUT2D eigenvalue weighted by atomic mass is 19.2. The molecular weight excluding hydrogens is 338 g/mol. The standard InChI is InChI=1S/C18H13F4NO2/c1-18(2,3)8-6-4-5-7-9(8)23-16(24)10-11(17(23)25)13(20)15(22)14(21)12(10)19/h4-7H,1-3H3. The summed E-state index contributed by atoms with van der Waals surface area (Å²) in [4.78, 5) is 25.6. The lowest BCUT2D eigenvalue weighted by Crippen LogP contribution is -2.32. The molecule has 3 rings (SSSR count). The Balaban J connectivity index is 2.28. The van der Waals surface area contributed by atoms with Gasteiger partial charge in [0.1, 0.15) is 0 Å². The molecule has 2 aromatic carbocycles. The maximum absolute atomic E-state index is 14.0. The summed E-state index contributed by atoms with van der Waals surface area (Å²) in [6.45, 7) is 5.47. The van der Waals surface area contributed by atoms with Crippen LogP contribution in [0.1, 0.15) is 47.1 Å². The fourth-order valence-corrected chi connectivity index (χ4v) is 2.87. The van der Waals surface area contributed by atoms with Crippen LogP contribution in [0.4, 0.5) is 23.2 Å². The van der Waals surface area contributed by atoms with Gasteiger partial charge in [-0.2, -0.15) is 0 Å². The summed E-state index contributed by atoms with van der Waals surface area (Å²) in [7, 11) is 0. The first-order valence-electron chi connectivity index (χ1n) is 7.41. The van der Waals surface area contributed by atoms with Crippen LogP contribution < -0.4 is 4.90 Å². The molecule has 0 fully saturated rings. The average Bonchev–Trinajstić information content (AvgIpc) is 2.81. The number of nitrogens with zero attached hydrogens (tertiary/aromatic N) is 1. The molecule has 2 amide bonds. The number of carbonyl (C=O) groups excluding carboxylic acids is 2. The molecule has 0 N–H and O–H groups in total. The highest BCUT2D eigenvalue weighted by Crippen LogP contribution is 2.38. The van der Waals surface area contributed by atoms with E-state index in [1.807, 2.05) is 20.8 Å². The SMILES string of the molecule is CC(C)(C)c1ccccc1N1C(=O)c2c(F)c(F)c(F)c(F)c2C1=O. The Morgan fingerprint density at radius 3 is 1.64 bits per heavy atom. The Morgan fingerprint density at radius 1 is 0.760 bits per heavy atom. The van der Waals surface area contributed by atoms with Crippen LogP contribution in [0.15, 0.2) is 24.3 Å². The molecule has 2 aromatic rings. The molecule has 3 nitrogen and oxygen atoms in total. The first-order chi connectivity index (χ1) is 11.6. The van der Waals surface area contributed by atoms with E-state index in [0.29, 0.717) is 10.5 Å². The number of imide groups is 1. The predicted molar refractivity (Wildman–Crippen MR) is 82.6 cm³/mol. The second kappa shape index (κ2) is 5.40. The number of benzene rings is 2. The third-order valence-corrected chi connectivity index (χ3v) is 4.05. The fourth-order valence-electron chi connectivity index (χ4n) is 2.87. The Bertz CT molecular complexity index is 885. The zero-order valence-corrected chi connectivity index (χ0v) is 13.6. The van der Waals surface area contributed by atoms with Crippen molar-refractivity contribution < 1.29 is 27.2 Å². The Kier molecular flexibility index (Phi) is 3.70. The third kappa shape index (κ3) is 2.33. The number of carbonyl (C=O) groups is 2. The number of amides is 2. The number of halogens is 4. The van der Waals surface area contributed by atoms with E-state index in [2.05, 4.69) is 0 Å². The van der Waals surface area contributed by atoms with Crippen LogP contribution in [0.5, 0.6) is 0 Å². The summed E-state index contributed by atoms with van der Waals surface area (Å²) < 4.78 is 55.0. The summed E-state index contributed by atoms with van der Waals surface area (Å²) in [5.41, 5.74) is -2.01. The molecule has 1 heterocycles. The van der Waals surface area contributed by atoms with Crippen LogP contribution in [0.3, 0.4) is 0 Å². The second-order valence-electron chi connectivity index (χ2n) is 6.72. The molecule has 7 heteroatoms. The lowest BCUT2D eigenvalue weighted by molar-refractivity contribution is 0.0923. The van der Waals surface area contributed by atoms with Crippen LogP contribution in [0.25, 0.3) is 0 Å². The van der Waals surface area contributed by atoms with Gasteiger partial charge in [-0.1, -0.05) is 39.0 Å². The molecule has 1 aliphatic heterocycles. The Morgan fingerprint density at radius 2 is 1.20 bits per heavy atom. The van der Waals surface area contributed by atoms with Crippen LogP contribution in [0, 0.1) is 23.3 Å². The van der Waals surface area contributed by atoms with Gasteiger partial charge in [0, 0.05) is 0 Å². The molecule has 25 heavy (non-hydrogen) atoms. The van der Waals surface area contributed by atoms with Gasteiger partial charge < -0.3 is 0 Å². The molecule has 0 saturated carbocycles. The predicted octanol–water partition coefficient (Wildman–Crippen LogP) is 4.34. The number of fused-ring (bicyclic) bond motifs is 1. The van der Waals surface area contributed by atoms with Gasteiger partial charge in [-0.25, -0.2) is 22.5 Å². The van der Waals surface area contributed by atoms with Crippen molar-refractivity contribution in [1.29, 1.82) is 0 Å². The van der Waals surface area contributed by atoms with E-state index in [1.165, 1.54) is 6.07 Å². The van der Waals surface area contributed by atoms with Crippen molar-refractivity contribution in [2.24, 2.45) is 0 Å². The van der Waals surface area contributed by atoms with Crippen LogP contribution in [0.2, 0.25) is 0 Å². The molecule has 0 saturated heterocycles. The number of anilines is 1. The van der Waals surface area contributed by atoms with E-state index in [1.54, 1.807) is 18.2 Å². The van der Waals surface area contributed by atoms with Crippen LogP contribution >= 0.6 is 0 Å². The van der Waals surface area contributed by atoms with Gasteiger partial charge >= 0.3 is 0 Å². The van der Waals surface area contributed by atoms with Crippen molar-refractivity contribution in [2.75, 3.05) is 4.90 Å². The Labute approximate surface area is 140 Å². The minimum atomic E-state index is -2.12. The maximum Gasteiger partial charge on any atom is 0.269 e. The lowest BCUT2D eigenvalue weighted by Gasteiger charge is -2.26. The van der Waals surface area contributed by atoms with Crippen molar-refractivity contribution in [3.63, 3.8) is 0 Å². The summed E-state index contributed by atoms with van der Waals surface area (Å²) in [6, 6.07) is 6.32. The zero-order valence-electron chi connectivity index (χ0n) is 13.6. The second-order valence-corrected chi connectivity index (χ2v) is 6.72. The summed E-state index contributed by atoms with van der Waals surface area (Å²) in [5.74, 6) is -10.4. The minimum absolute atomic E-state index is 0.112. The molecule has 0 atom stereocenters. The number of hydrogen-bond acceptors (Lipinski definition) is 2. The average molecular weight is 351 g/mol. The van der Waals surface area contributed by atoms with Gasteiger partial charge in [-0.15, -0.1) is 0 Å². The molecule has 1 aliphatic rings. The van der Waals surface area contributed by atoms with Gasteiger partial charge in [0.05, 0.1) is 16.8 Å². The molecule has 0 unspecified atom stereocenters. The number of hydrogen-bond donors (Lipinski definition) is 0. The largest absolute Gasteiger partial charge is 0.269 e. The van der Waals surface area contributed by atoms with E-state index < -0.39 is 51.6 Å². The molecule has 0 spiro atoms. The van der Waals surface area contributed by atoms with E-state index >= 15 is 0 Å². The fraction of sp³-hybridized carbons (Fsp3) is 0.222. The van der Waals surface area contributed by atoms with E-state index in [-0.39, 0.29) is 5.69 Å². The van der Waals surface area contributed by atoms with E-state index in [0.717, 1.165) is 0 Å². The van der Waals surface area contributed by atoms with Gasteiger partial charge in [-0.3, -0.25) is 9.59 Å².